The Morgan fingerprint density at radius 2 is 2.29 bits per heavy atom. The van der Waals surface area contributed by atoms with Crippen molar-refractivity contribution in [3.8, 4) is 0 Å². The molecule has 7 heteroatoms. The fourth-order valence-corrected chi connectivity index (χ4v) is 2.84. The van der Waals surface area contributed by atoms with Gasteiger partial charge in [0.2, 0.25) is 0 Å². The summed E-state index contributed by atoms with van der Waals surface area (Å²) in [6.45, 7) is 5.45. The topological polar surface area (TPSA) is 72.3 Å². The van der Waals surface area contributed by atoms with E-state index in [0.717, 1.165) is 38.4 Å². The van der Waals surface area contributed by atoms with Crippen LogP contribution in [0, 0.1) is 5.92 Å². The van der Waals surface area contributed by atoms with Crippen molar-refractivity contribution in [2.45, 2.75) is 19.9 Å². The standard InChI is InChI=1S/C17H23N5O2/c1-2-24-13-14-7-10-21(11-14)17(23)20-16-6-9-19-22(16)12-15-5-3-4-8-18-15/h3-6,8-9,14H,2,7,10-13H2,1H3,(H,20,23). The van der Waals surface area contributed by atoms with Gasteiger partial charge in [-0.2, -0.15) is 5.10 Å². The maximum atomic E-state index is 12.5. The molecule has 0 aliphatic carbocycles. The highest BCUT2D eigenvalue weighted by atomic mass is 16.5. The molecule has 2 aromatic rings. The van der Waals surface area contributed by atoms with Crippen molar-refractivity contribution in [3.05, 3.63) is 42.4 Å². The van der Waals surface area contributed by atoms with Gasteiger partial charge in [0.15, 0.2) is 0 Å². The third kappa shape index (κ3) is 4.11. The van der Waals surface area contributed by atoms with Gasteiger partial charge in [-0.15, -0.1) is 0 Å². The normalized spacial score (nSPS) is 17.2. The highest BCUT2D eigenvalue weighted by molar-refractivity contribution is 5.88. The van der Waals surface area contributed by atoms with Crippen molar-refractivity contribution in [1.82, 2.24) is 19.7 Å². The van der Waals surface area contributed by atoms with Crippen LogP contribution in [0.4, 0.5) is 10.6 Å². The first-order chi connectivity index (χ1) is 11.8. The van der Waals surface area contributed by atoms with Crippen LogP contribution in [0.3, 0.4) is 0 Å². The molecule has 0 radical (unpaired) electrons. The Balaban J connectivity index is 1.57. The molecule has 3 heterocycles. The summed E-state index contributed by atoms with van der Waals surface area (Å²) in [5, 5.41) is 7.22. The first-order valence-corrected chi connectivity index (χ1v) is 8.31. The summed E-state index contributed by atoms with van der Waals surface area (Å²) in [5.41, 5.74) is 0.898. The Kier molecular flexibility index (Phi) is 5.43. The zero-order chi connectivity index (χ0) is 16.8. The molecule has 0 aromatic carbocycles. The minimum Gasteiger partial charge on any atom is -0.381 e. The number of hydrogen-bond donors (Lipinski definition) is 1. The minimum absolute atomic E-state index is 0.0863. The highest BCUT2D eigenvalue weighted by Gasteiger charge is 2.26. The molecular weight excluding hydrogens is 306 g/mol. The molecule has 0 spiro atoms. The number of aromatic nitrogens is 3. The fraction of sp³-hybridized carbons (Fsp3) is 0.471. The zero-order valence-electron chi connectivity index (χ0n) is 13.9. The second-order valence-corrected chi connectivity index (χ2v) is 5.89. The van der Waals surface area contributed by atoms with Crippen LogP contribution in [0.1, 0.15) is 19.0 Å². The molecule has 1 fully saturated rings. The number of carbonyl (C=O) groups is 1. The van der Waals surface area contributed by atoms with Gasteiger partial charge in [-0.3, -0.25) is 10.3 Å². The Morgan fingerprint density at radius 3 is 3.08 bits per heavy atom. The minimum atomic E-state index is -0.0863. The van der Waals surface area contributed by atoms with Crippen molar-refractivity contribution in [2.24, 2.45) is 5.92 Å². The zero-order valence-corrected chi connectivity index (χ0v) is 13.9. The average molecular weight is 329 g/mol. The molecule has 0 saturated carbocycles. The van der Waals surface area contributed by atoms with Crippen LogP contribution < -0.4 is 5.32 Å². The lowest BCUT2D eigenvalue weighted by Gasteiger charge is -2.18. The predicted molar refractivity (Wildman–Crippen MR) is 90.8 cm³/mol. The van der Waals surface area contributed by atoms with E-state index in [-0.39, 0.29) is 6.03 Å². The Morgan fingerprint density at radius 1 is 1.38 bits per heavy atom. The Labute approximate surface area is 141 Å². The fourth-order valence-electron chi connectivity index (χ4n) is 2.84. The molecular formula is C17H23N5O2. The van der Waals surface area contributed by atoms with Crippen molar-refractivity contribution >= 4 is 11.8 Å². The van der Waals surface area contributed by atoms with Crippen LogP contribution in [-0.2, 0) is 11.3 Å². The lowest BCUT2D eigenvalue weighted by Crippen LogP contribution is -2.34. The van der Waals surface area contributed by atoms with Gasteiger partial charge < -0.3 is 9.64 Å². The highest BCUT2D eigenvalue weighted by Crippen LogP contribution is 2.18. The third-order valence-corrected chi connectivity index (χ3v) is 4.12. The summed E-state index contributed by atoms with van der Waals surface area (Å²) in [6, 6.07) is 7.46. The van der Waals surface area contributed by atoms with Gasteiger partial charge in [0, 0.05) is 37.9 Å². The van der Waals surface area contributed by atoms with Crippen LogP contribution in [0.25, 0.3) is 0 Å². The second-order valence-electron chi connectivity index (χ2n) is 5.89. The van der Waals surface area contributed by atoms with E-state index in [1.54, 1.807) is 23.1 Å². The average Bonchev–Trinajstić information content (AvgIpc) is 3.24. The first kappa shape index (κ1) is 16.4. The summed E-state index contributed by atoms with van der Waals surface area (Å²) >= 11 is 0. The van der Waals surface area contributed by atoms with E-state index in [2.05, 4.69) is 15.4 Å². The number of amides is 2. The number of likely N-dealkylation sites (tertiary alicyclic amines) is 1. The van der Waals surface area contributed by atoms with E-state index in [4.69, 9.17) is 4.74 Å². The van der Waals surface area contributed by atoms with Gasteiger partial charge in [0.1, 0.15) is 5.82 Å². The van der Waals surface area contributed by atoms with E-state index < -0.39 is 0 Å². The van der Waals surface area contributed by atoms with Gasteiger partial charge in [0.05, 0.1) is 25.0 Å². The number of pyridine rings is 1. The molecule has 1 unspecified atom stereocenters. The number of nitrogens with one attached hydrogen (secondary N) is 1. The number of anilines is 1. The second kappa shape index (κ2) is 7.92. The quantitative estimate of drug-likeness (QED) is 0.882. The van der Waals surface area contributed by atoms with E-state index in [1.807, 2.05) is 30.0 Å². The molecule has 0 bridgehead atoms. The number of ether oxygens (including phenoxy) is 1. The summed E-state index contributed by atoms with van der Waals surface area (Å²) < 4.78 is 7.20. The van der Waals surface area contributed by atoms with Gasteiger partial charge in [-0.05, 0) is 25.5 Å². The molecule has 7 nitrogen and oxygen atoms in total. The summed E-state index contributed by atoms with van der Waals surface area (Å²) in [4.78, 5) is 18.6. The molecule has 3 rings (SSSR count). The summed E-state index contributed by atoms with van der Waals surface area (Å²) in [6.07, 6.45) is 4.42. The molecule has 1 aliphatic rings. The van der Waals surface area contributed by atoms with Crippen LogP contribution in [0.2, 0.25) is 0 Å². The van der Waals surface area contributed by atoms with E-state index >= 15 is 0 Å². The van der Waals surface area contributed by atoms with Gasteiger partial charge in [-0.25, -0.2) is 9.48 Å². The van der Waals surface area contributed by atoms with Gasteiger partial charge >= 0.3 is 6.03 Å². The Hall–Kier alpha value is -2.41. The predicted octanol–water partition coefficient (Wildman–Crippen LogP) is 2.22. The molecule has 128 valence electrons. The number of hydrogen-bond acceptors (Lipinski definition) is 4. The monoisotopic (exact) mass is 329 g/mol. The molecule has 1 aliphatic heterocycles. The molecule has 1 atom stereocenters. The largest absolute Gasteiger partial charge is 0.381 e. The number of rotatable bonds is 6. The van der Waals surface area contributed by atoms with Crippen molar-refractivity contribution < 1.29 is 9.53 Å². The first-order valence-electron chi connectivity index (χ1n) is 8.31. The van der Waals surface area contributed by atoms with Crippen LogP contribution >= 0.6 is 0 Å². The van der Waals surface area contributed by atoms with Gasteiger partial charge in [-0.1, -0.05) is 6.07 Å². The van der Waals surface area contributed by atoms with Crippen molar-refractivity contribution in [1.29, 1.82) is 0 Å². The summed E-state index contributed by atoms with van der Waals surface area (Å²) in [7, 11) is 0. The van der Waals surface area contributed by atoms with Crippen LogP contribution in [-0.4, -0.2) is 52.0 Å². The van der Waals surface area contributed by atoms with Crippen molar-refractivity contribution in [3.63, 3.8) is 0 Å². The number of nitrogens with zero attached hydrogens (tertiary/aromatic N) is 4. The Bertz CT molecular complexity index is 658. The number of urea groups is 1. The molecule has 2 amide bonds. The third-order valence-electron chi connectivity index (χ3n) is 4.12. The molecule has 1 N–H and O–H groups in total. The molecule has 1 saturated heterocycles. The van der Waals surface area contributed by atoms with Gasteiger partial charge in [0.25, 0.3) is 0 Å². The molecule has 24 heavy (non-hydrogen) atoms. The molecule has 2 aromatic heterocycles. The smallest absolute Gasteiger partial charge is 0.323 e. The SMILES string of the molecule is CCOCC1CCN(C(=O)Nc2ccnn2Cc2ccccn2)C1. The van der Waals surface area contributed by atoms with E-state index in [0.29, 0.717) is 18.3 Å². The lowest BCUT2D eigenvalue weighted by atomic mass is 10.1. The van der Waals surface area contributed by atoms with E-state index in [9.17, 15) is 4.79 Å². The van der Waals surface area contributed by atoms with Crippen LogP contribution in [0.5, 0.6) is 0 Å². The summed E-state index contributed by atoms with van der Waals surface area (Å²) in [5.74, 6) is 1.10. The van der Waals surface area contributed by atoms with E-state index in [1.165, 1.54) is 0 Å². The van der Waals surface area contributed by atoms with Crippen LogP contribution in [0.15, 0.2) is 36.7 Å². The maximum Gasteiger partial charge on any atom is 0.323 e. The van der Waals surface area contributed by atoms with Crippen molar-refractivity contribution in [2.75, 3.05) is 31.6 Å². The number of carbonyl (C=O) groups excluding carboxylic acids is 1. The maximum absolute atomic E-state index is 12.5. The lowest BCUT2D eigenvalue weighted by molar-refractivity contribution is 0.113.